The zero-order valence-electron chi connectivity index (χ0n) is 16.1. The van der Waals surface area contributed by atoms with E-state index >= 15 is 0 Å². The van der Waals surface area contributed by atoms with Gasteiger partial charge in [-0.05, 0) is 49.9 Å². The summed E-state index contributed by atoms with van der Waals surface area (Å²) in [6.45, 7) is 2.23. The van der Waals surface area contributed by atoms with Crippen molar-refractivity contribution in [2.45, 2.75) is 32.4 Å². The number of rotatable bonds is 7. The van der Waals surface area contributed by atoms with Crippen LogP contribution in [-0.4, -0.2) is 32.9 Å². The molecule has 2 heterocycles. The quantitative estimate of drug-likeness (QED) is 0.568. The minimum atomic E-state index is -0.479. The first kappa shape index (κ1) is 18.9. The van der Waals surface area contributed by atoms with Crippen molar-refractivity contribution >= 4 is 22.8 Å². The summed E-state index contributed by atoms with van der Waals surface area (Å²) >= 11 is 0. The summed E-state index contributed by atoms with van der Waals surface area (Å²) in [6, 6.07) is 10.3. The first-order chi connectivity index (χ1) is 14.0. The van der Waals surface area contributed by atoms with Crippen LogP contribution in [0.15, 0.2) is 47.4 Å². The lowest BCUT2D eigenvalue weighted by Gasteiger charge is -2.13. The number of imidazole rings is 1. The molecule has 2 amide bonds. The van der Waals surface area contributed by atoms with Gasteiger partial charge in [0.05, 0.1) is 17.1 Å². The van der Waals surface area contributed by atoms with Crippen LogP contribution in [0.1, 0.15) is 42.0 Å². The Kier molecular flexibility index (Phi) is 5.16. The molecule has 0 saturated heterocycles. The Balaban J connectivity index is 1.41. The number of nitrogens with zero attached hydrogens (tertiary/aromatic N) is 2. The molecule has 150 valence electrons. The van der Waals surface area contributed by atoms with Gasteiger partial charge in [-0.1, -0.05) is 12.1 Å². The van der Waals surface area contributed by atoms with Crippen molar-refractivity contribution in [1.82, 2.24) is 25.2 Å². The largest absolute Gasteiger partial charge is 0.352 e. The standard InChI is InChI=1S/C21H23N5O3/c1-13(19-24-16-6-2-3-7-17(16)25-19)23-18(27)12-26-10-4-5-15(21(26)29)20(28)22-11-14-8-9-14/h2-7,10,13-14H,8-9,11-12H2,1H3,(H,22,28)(H,23,27)(H,24,25)/t13-/m0/s1. The molecular weight excluding hydrogens is 370 g/mol. The molecule has 0 radical (unpaired) electrons. The number of fused-ring (bicyclic) bond motifs is 1. The summed E-state index contributed by atoms with van der Waals surface area (Å²) < 4.78 is 1.24. The lowest BCUT2D eigenvalue weighted by atomic mass is 10.2. The van der Waals surface area contributed by atoms with Gasteiger partial charge in [-0.15, -0.1) is 0 Å². The minimum Gasteiger partial charge on any atom is -0.352 e. The fraction of sp³-hybridized carbons (Fsp3) is 0.333. The molecule has 0 aliphatic heterocycles. The monoisotopic (exact) mass is 393 g/mol. The van der Waals surface area contributed by atoms with Crippen molar-refractivity contribution in [3.8, 4) is 0 Å². The molecular formula is C21H23N5O3. The number of aromatic nitrogens is 3. The number of aromatic amines is 1. The van der Waals surface area contributed by atoms with E-state index in [9.17, 15) is 14.4 Å². The van der Waals surface area contributed by atoms with Crippen LogP contribution in [0, 0.1) is 5.92 Å². The van der Waals surface area contributed by atoms with E-state index in [1.54, 1.807) is 6.07 Å². The van der Waals surface area contributed by atoms with E-state index in [4.69, 9.17) is 0 Å². The second-order valence-corrected chi connectivity index (χ2v) is 7.44. The molecule has 29 heavy (non-hydrogen) atoms. The highest BCUT2D eigenvalue weighted by Crippen LogP contribution is 2.27. The van der Waals surface area contributed by atoms with Crippen molar-refractivity contribution in [1.29, 1.82) is 0 Å². The fourth-order valence-electron chi connectivity index (χ4n) is 3.18. The van der Waals surface area contributed by atoms with Crippen LogP contribution in [0.25, 0.3) is 11.0 Å². The Hall–Kier alpha value is -3.42. The number of benzene rings is 1. The first-order valence-electron chi connectivity index (χ1n) is 9.73. The van der Waals surface area contributed by atoms with Crippen LogP contribution in [0.3, 0.4) is 0 Å². The summed E-state index contributed by atoms with van der Waals surface area (Å²) in [4.78, 5) is 44.9. The average molecular weight is 393 g/mol. The summed E-state index contributed by atoms with van der Waals surface area (Å²) in [5.74, 6) is 0.429. The van der Waals surface area contributed by atoms with E-state index in [1.165, 1.54) is 16.8 Å². The van der Waals surface area contributed by atoms with E-state index < -0.39 is 11.5 Å². The molecule has 1 aliphatic carbocycles. The maximum atomic E-state index is 12.6. The van der Waals surface area contributed by atoms with Gasteiger partial charge in [-0.2, -0.15) is 0 Å². The number of amides is 2. The molecule has 0 spiro atoms. The predicted octanol–water partition coefficient (Wildman–Crippen LogP) is 1.74. The van der Waals surface area contributed by atoms with Gasteiger partial charge >= 0.3 is 0 Å². The molecule has 8 nitrogen and oxygen atoms in total. The molecule has 3 aromatic rings. The number of para-hydroxylation sites is 2. The highest BCUT2D eigenvalue weighted by atomic mass is 16.2. The van der Waals surface area contributed by atoms with E-state index in [-0.39, 0.29) is 24.1 Å². The summed E-state index contributed by atoms with van der Waals surface area (Å²) in [7, 11) is 0. The molecule has 3 N–H and O–H groups in total. The molecule has 0 unspecified atom stereocenters. The third kappa shape index (κ3) is 4.37. The van der Waals surface area contributed by atoms with Crippen LogP contribution in [-0.2, 0) is 11.3 Å². The van der Waals surface area contributed by atoms with Crippen LogP contribution in [0.4, 0.5) is 0 Å². The van der Waals surface area contributed by atoms with E-state index in [1.807, 2.05) is 31.2 Å². The Morgan fingerprint density at radius 3 is 2.79 bits per heavy atom. The van der Waals surface area contributed by atoms with Crippen LogP contribution in [0.2, 0.25) is 0 Å². The van der Waals surface area contributed by atoms with Crippen molar-refractivity contribution < 1.29 is 9.59 Å². The molecule has 1 fully saturated rings. The van der Waals surface area contributed by atoms with Gasteiger partial charge in [0.2, 0.25) is 5.91 Å². The maximum absolute atomic E-state index is 12.6. The number of pyridine rings is 1. The molecule has 4 rings (SSSR count). The van der Waals surface area contributed by atoms with Crippen molar-refractivity contribution in [3.63, 3.8) is 0 Å². The smallest absolute Gasteiger partial charge is 0.263 e. The van der Waals surface area contributed by atoms with Gasteiger partial charge in [0.1, 0.15) is 17.9 Å². The minimum absolute atomic E-state index is 0.0475. The lowest BCUT2D eigenvalue weighted by molar-refractivity contribution is -0.122. The average Bonchev–Trinajstić information content (AvgIpc) is 3.43. The van der Waals surface area contributed by atoms with Crippen LogP contribution in [0.5, 0.6) is 0 Å². The number of hydrogen-bond donors (Lipinski definition) is 3. The number of carbonyl (C=O) groups is 2. The first-order valence-corrected chi connectivity index (χ1v) is 9.73. The van der Waals surface area contributed by atoms with Gasteiger partial charge in [0.25, 0.3) is 11.5 Å². The number of nitrogens with one attached hydrogen (secondary N) is 3. The third-order valence-electron chi connectivity index (χ3n) is 5.02. The Labute approximate surface area is 167 Å². The zero-order chi connectivity index (χ0) is 20.4. The van der Waals surface area contributed by atoms with Crippen LogP contribution >= 0.6 is 0 Å². The summed E-state index contributed by atoms with van der Waals surface area (Å²) in [5, 5.41) is 5.62. The normalized spacial score (nSPS) is 14.5. The van der Waals surface area contributed by atoms with Gasteiger partial charge in [-0.25, -0.2) is 4.98 Å². The highest BCUT2D eigenvalue weighted by Gasteiger charge is 2.23. The highest BCUT2D eigenvalue weighted by molar-refractivity contribution is 5.93. The lowest BCUT2D eigenvalue weighted by Crippen LogP contribution is -2.37. The maximum Gasteiger partial charge on any atom is 0.263 e. The molecule has 8 heteroatoms. The second kappa shape index (κ2) is 7.90. The topological polar surface area (TPSA) is 109 Å². The fourth-order valence-corrected chi connectivity index (χ4v) is 3.18. The van der Waals surface area contributed by atoms with Crippen LogP contribution < -0.4 is 16.2 Å². The summed E-state index contributed by atoms with van der Waals surface area (Å²) in [6.07, 6.45) is 3.73. The SMILES string of the molecule is C[C@H](NC(=O)Cn1cccc(C(=O)NCC2CC2)c1=O)c1nc2ccccc2[nH]1. The van der Waals surface area contributed by atoms with Gasteiger partial charge in [0, 0.05) is 12.7 Å². The number of carbonyl (C=O) groups excluding carboxylic acids is 2. The number of hydrogen-bond acceptors (Lipinski definition) is 4. The summed E-state index contributed by atoms with van der Waals surface area (Å²) in [5.41, 5.74) is 1.29. The molecule has 1 aromatic carbocycles. The molecule has 1 atom stereocenters. The molecule has 1 aliphatic rings. The zero-order valence-corrected chi connectivity index (χ0v) is 16.1. The van der Waals surface area contributed by atoms with Crippen molar-refractivity contribution in [2.24, 2.45) is 5.92 Å². The van der Waals surface area contributed by atoms with E-state index in [2.05, 4.69) is 20.6 Å². The Morgan fingerprint density at radius 2 is 2.03 bits per heavy atom. The van der Waals surface area contributed by atoms with E-state index in [0.717, 1.165) is 23.9 Å². The van der Waals surface area contributed by atoms with E-state index in [0.29, 0.717) is 18.3 Å². The Bertz CT molecular complexity index is 1080. The molecule has 0 bridgehead atoms. The van der Waals surface area contributed by atoms with Crippen molar-refractivity contribution in [2.75, 3.05) is 6.54 Å². The second-order valence-electron chi connectivity index (χ2n) is 7.44. The molecule has 1 saturated carbocycles. The molecule has 2 aromatic heterocycles. The van der Waals surface area contributed by atoms with Crippen molar-refractivity contribution in [3.05, 3.63) is 64.3 Å². The van der Waals surface area contributed by atoms with Gasteiger partial charge < -0.3 is 20.2 Å². The Morgan fingerprint density at radius 1 is 1.24 bits per heavy atom. The van der Waals surface area contributed by atoms with Gasteiger partial charge in [-0.3, -0.25) is 14.4 Å². The number of H-pyrrole nitrogens is 1. The predicted molar refractivity (Wildman–Crippen MR) is 108 cm³/mol. The van der Waals surface area contributed by atoms with Gasteiger partial charge in [0.15, 0.2) is 0 Å². The third-order valence-corrected chi connectivity index (χ3v) is 5.02.